The SMILES string of the molecule is CN(Cc1cc(-c2ccccc2)no1)C1CCCC1CN. The van der Waals surface area contributed by atoms with E-state index < -0.39 is 0 Å². The summed E-state index contributed by atoms with van der Waals surface area (Å²) in [5.74, 6) is 1.53. The Hall–Kier alpha value is -1.65. The highest BCUT2D eigenvalue weighted by Crippen LogP contribution is 2.29. The Bertz CT molecular complexity index is 566. The molecule has 4 heteroatoms. The van der Waals surface area contributed by atoms with Crippen LogP contribution in [-0.2, 0) is 6.54 Å². The van der Waals surface area contributed by atoms with Gasteiger partial charge >= 0.3 is 0 Å². The van der Waals surface area contributed by atoms with Gasteiger partial charge in [0, 0.05) is 17.7 Å². The maximum absolute atomic E-state index is 5.87. The van der Waals surface area contributed by atoms with Gasteiger partial charge in [0.25, 0.3) is 0 Å². The molecule has 0 radical (unpaired) electrons. The maximum atomic E-state index is 5.87. The normalized spacial score (nSPS) is 22.0. The number of hydrogen-bond donors (Lipinski definition) is 1. The average Bonchev–Trinajstić information content (AvgIpc) is 3.16. The standard InChI is InChI=1S/C17H23N3O/c1-20(17-9-5-8-14(17)11-18)12-15-10-16(19-21-15)13-6-3-2-4-7-13/h2-4,6-7,10,14,17H,5,8-9,11-12,18H2,1H3. The lowest BCUT2D eigenvalue weighted by Gasteiger charge is -2.27. The molecule has 0 saturated heterocycles. The molecule has 2 aromatic rings. The van der Waals surface area contributed by atoms with E-state index in [4.69, 9.17) is 10.3 Å². The monoisotopic (exact) mass is 285 g/mol. The summed E-state index contributed by atoms with van der Waals surface area (Å²) in [5.41, 5.74) is 7.87. The first-order chi connectivity index (χ1) is 10.3. The summed E-state index contributed by atoms with van der Waals surface area (Å²) in [5, 5.41) is 4.18. The van der Waals surface area contributed by atoms with Crippen LogP contribution in [0.1, 0.15) is 25.0 Å². The topological polar surface area (TPSA) is 55.3 Å². The van der Waals surface area contributed by atoms with Crippen molar-refractivity contribution in [2.45, 2.75) is 31.8 Å². The lowest BCUT2D eigenvalue weighted by atomic mass is 10.0. The predicted molar refractivity (Wildman–Crippen MR) is 83.6 cm³/mol. The van der Waals surface area contributed by atoms with Crippen LogP contribution in [0, 0.1) is 5.92 Å². The number of hydrogen-bond acceptors (Lipinski definition) is 4. The molecule has 0 bridgehead atoms. The van der Waals surface area contributed by atoms with E-state index in [2.05, 4.69) is 17.1 Å². The highest BCUT2D eigenvalue weighted by Gasteiger charge is 2.29. The van der Waals surface area contributed by atoms with Crippen LogP contribution in [0.3, 0.4) is 0 Å². The second-order valence-electron chi connectivity index (χ2n) is 5.95. The molecule has 0 amide bonds. The molecule has 2 N–H and O–H groups in total. The molecule has 1 aliphatic rings. The molecule has 112 valence electrons. The number of rotatable bonds is 5. The minimum atomic E-state index is 0.570. The van der Waals surface area contributed by atoms with Crippen LogP contribution in [0.4, 0.5) is 0 Å². The molecule has 0 spiro atoms. The van der Waals surface area contributed by atoms with Crippen molar-refractivity contribution in [3.05, 3.63) is 42.2 Å². The van der Waals surface area contributed by atoms with Crippen LogP contribution in [-0.4, -0.2) is 29.7 Å². The van der Waals surface area contributed by atoms with Crippen molar-refractivity contribution in [2.75, 3.05) is 13.6 Å². The first kappa shape index (κ1) is 14.3. The second-order valence-corrected chi connectivity index (χ2v) is 5.95. The molecule has 3 rings (SSSR count). The zero-order valence-corrected chi connectivity index (χ0v) is 12.5. The van der Waals surface area contributed by atoms with Gasteiger partial charge in [0.05, 0.1) is 6.54 Å². The summed E-state index contributed by atoms with van der Waals surface area (Å²) in [4.78, 5) is 2.36. The van der Waals surface area contributed by atoms with Gasteiger partial charge < -0.3 is 10.3 Å². The van der Waals surface area contributed by atoms with Gasteiger partial charge in [-0.15, -0.1) is 0 Å². The summed E-state index contributed by atoms with van der Waals surface area (Å²) >= 11 is 0. The third kappa shape index (κ3) is 3.17. The Balaban J connectivity index is 1.67. The fourth-order valence-electron chi connectivity index (χ4n) is 3.37. The quantitative estimate of drug-likeness (QED) is 0.917. The largest absolute Gasteiger partial charge is 0.359 e. The zero-order valence-electron chi connectivity index (χ0n) is 12.5. The molecule has 1 fully saturated rings. The number of nitrogens with two attached hydrogens (primary N) is 1. The maximum Gasteiger partial charge on any atom is 0.151 e. The minimum absolute atomic E-state index is 0.570. The van der Waals surface area contributed by atoms with Crippen molar-refractivity contribution in [1.82, 2.24) is 10.1 Å². The fourth-order valence-corrected chi connectivity index (χ4v) is 3.37. The first-order valence-corrected chi connectivity index (χ1v) is 7.69. The van der Waals surface area contributed by atoms with Crippen LogP contribution >= 0.6 is 0 Å². The van der Waals surface area contributed by atoms with Crippen molar-refractivity contribution < 1.29 is 4.52 Å². The van der Waals surface area contributed by atoms with E-state index >= 15 is 0 Å². The van der Waals surface area contributed by atoms with E-state index in [9.17, 15) is 0 Å². The summed E-state index contributed by atoms with van der Waals surface area (Å²) in [6.45, 7) is 1.57. The van der Waals surface area contributed by atoms with Crippen molar-refractivity contribution in [2.24, 2.45) is 11.7 Å². The Morgan fingerprint density at radius 1 is 1.29 bits per heavy atom. The van der Waals surface area contributed by atoms with Crippen molar-refractivity contribution >= 4 is 0 Å². The third-order valence-electron chi connectivity index (χ3n) is 4.52. The van der Waals surface area contributed by atoms with Crippen LogP contribution in [0.5, 0.6) is 0 Å². The Morgan fingerprint density at radius 2 is 2.10 bits per heavy atom. The molecule has 2 unspecified atom stereocenters. The van der Waals surface area contributed by atoms with Gasteiger partial charge in [-0.3, -0.25) is 4.90 Å². The van der Waals surface area contributed by atoms with E-state index in [-0.39, 0.29) is 0 Å². The van der Waals surface area contributed by atoms with Gasteiger partial charge in [0.1, 0.15) is 5.69 Å². The van der Waals surface area contributed by atoms with Gasteiger partial charge in [-0.05, 0) is 32.4 Å². The van der Waals surface area contributed by atoms with Crippen LogP contribution in [0.15, 0.2) is 40.9 Å². The van der Waals surface area contributed by atoms with Gasteiger partial charge in [0.2, 0.25) is 0 Å². The lowest BCUT2D eigenvalue weighted by Crippen LogP contribution is -2.37. The van der Waals surface area contributed by atoms with Crippen molar-refractivity contribution in [3.63, 3.8) is 0 Å². The molecule has 1 aromatic heterocycles. The lowest BCUT2D eigenvalue weighted by molar-refractivity contribution is 0.174. The van der Waals surface area contributed by atoms with E-state index in [0.717, 1.165) is 30.1 Å². The molecule has 1 saturated carbocycles. The molecule has 21 heavy (non-hydrogen) atoms. The molecule has 1 heterocycles. The predicted octanol–water partition coefficient (Wildman–Crippen LogP) is 2.90. The molecule has 0 aliphatic heterocycles. The second kappa shape index (κ2) is 6.41. The molecule has 4 nitrogen and oxygen atoms in total. The van der Waals surface area contributed by atoms with Crippen LogP contribution in [0.25, 0.3) is 11.3 Å². The minimum Gasteiger partial charge on any atom is -0.359 e. The number of benzene rings is 1. The average molecular weight is 285 g/mol. The molecule has 1 aliphatic carbocycles. The Labute approximate surface area is 125 Å². The Morgan fingerprint density at radius 3 is 2.86 bits per heavy atom. The Kier molecular flexibility index (Phi) is 4.36. The van der Waals surface area contributed by atoms with E-state index in [1.165, 1.54) is 19.3 Å². The highest BCUT2D eigenvalue weighted by molar-refractivity contribution is 5.58. The fraction of sp³-hybridized carbons (Fsp3) is 0.471. The summed E-state index contributed by atoms with van der Waals surface area (Å²) in [7, 11) is 2.16. The van der Waals surface area contributed by atoms with Crippen molar-refractivity contribution in [1.29, 1.82) is 0 Å². The van der Waals surface area contributed by atoms with Gasteiger partial charge in [-0.2, -0.15) is 0 Å². The highest BCUT2D eigenvalue weighted by atomic mass is 16.5. The van der Waals surface area contributed by atoms with Gasteiger partial charge in [-0.25, -0.2) is 0 Å². The number of nitrogens with zero attached hydrogens (tertiary/aromatic N) is 2. The summed E-state index contributed by atoms with van der Waals surface area (Å²) in [6.07, 6.45) is 3.76. The smallest absolute Gasteiger partial charge is 0.151 e. The van der Waals surface area contributed by atoms with E-state index in [1.54, 1.807) is 0 Å². The van der Waals surface area contributed by atoms with E-state index in [0.29, 0.717) is 12.0 Å². The van der Waals surface area contributed by atoms with Gasteiger partial charge in [-0.1, -0.05) is 41.9 Å². The van der Waals surface area contributed by atoms with Crippen molar-refractivity contribution in [3.8, 4) is 11.3 Å². The molecule has 1 aromatic carbocycles. The molecule has 2 atom stereocenters. The van der Waals surface area contributed by atoms with Crippen LogP contribution < -0.4 is 5.73 Å². The van der Waals surface area contributed by atoms with Crippen LogP contribution in [0.2, 0.25) is 0 Å². The van der Waals surface area contributed by atoms with E-state index in [1.807, 2.05) is 36.4 Å². The molecular weight excluding hydrogens is 262 g/mol. The molecular formula is C17H23N3O. The number of aromatic nitrogens is 1. The zero-order chi connectivity index (χ0) is 14.7. The third-order valence-corrected chi connectivity index (χ3v) is 4.52. The first-order valence-electron chi connectivity index (χ1n) is 7.69. The summed E-state index contributed by atoms with van der Waals surface area (Å²) < 4.78 is 5.50. The van der Waals surface area contributed by atoms with Gasteiger partial charge in [0.15, 0.2) is 5.76 Å². The summed E-state index contributed by atoms with van der Waals surface area (Å²) in [6, 6.07) is 12.7.